The van der Waals surface area contributed by atoms with Crippen LogP contribution in [0.3, 0.4) is 0 Å². The maximum Gasteiger partial charge on any atom is 0.334 e. The summed E-state index contributed by atoms with van der Waals surface area (Å²) in [6.45, 7) is 2.63. The monoisotopic (exact) mass is 253 g/mol. The van der Waals surface area contributed by atoms with E-state index < -0.39 is 12.1 Å². The third-order valence-electron chi connectivity index (χ3n) is 2.86. The molecule has 0 spiro atoms. The Kier molecular flexibility index (Phi) is 3.61. The van der Waals surface area contributed by atoms with Gasteiger partial charge in [-0.1, -0.05) is 6.92 Å². The molecular weight excluding hydrogens is 238 g/mol. The van der Waals surface area contributed by atoms with Crippen molar-refractivity contribution in [1.82, 2.24) is 15.1 Å². The van der Waals surface area contributed by atoms with Crippen LogP contribution in [0.15, 0.2) is 6.07 Å². The number of ether oxygens (including phenoxy) is 1. The van der Waals surface area contributed by atoms with Crippen LogP contribution in [0.2, 0.25) is 0 Å². The van der Waals surface area contributed by atoms with Crippen molar-refractivity contribution in [1.29, 1.82) is 0 Å². The Morgan fingerprint density at radius 3 is 3.06 bits per heavy atom. The zero-order chi connectivity index (χ0) is 13.1. The Morgan fingerprint density at radius 1 is 1.67 bits per heavy atom. The van der Waals surface area contributed by atoms with Gasteiger partial charge in [-0.15, -0.1) is 0 Å². The highest BCUT2D eigenvalue weighted by atomic mass is 16.5. The first-order chi connectivity index (χ1) is 8.61. The summed E-state index contributed by atoms with van der Waals surface area (Å²) < 4.78 is 5.06. The minimum absolute atomic E-state index is 0.0580. The largest absolute Gasteiger partial charge is 0.479 e. The molecule has 7 nitrogen and oxygen atoms in total. The summed E-state index contributed by atoms with van der Waals surface area (Å²) >= 11 is 0. The molecular formula is C11H15N3O4. The van der Waals surface area contributed by atoms with E-state index in [0.29, 0.717) is 12.2 Å². The molecule has 1 atom stereocenters. The van der Waals surface area contributed by atoms with Crippen LogP contribution in [-0.2, 0) is 16.0 Å². The molecule has 0 aliphatic carbocycles. The van der Waals surface area contributed by atoms with Crippen LogP contribution >= 0.6 is 0 Å². The Bertz CT molecular complexity index is 457. The van der Waals surface area contributed by atoms with Crippen LogP contribution in [0, 0.1) is 0 Å². The van der Waals surface area contributed by atoms with E-state index in [0.717, 1.165) is 12.1 Å². The molecule has 1 aliphatic rings. The molecule has 1 unspecified atom stereocenters. The van der Waals surface area contributed by atoms with E-state index in [1.54, 1.807) is 6.07 Å². The first-order valence-electron chi connectivity index (χ1n) is 5.79. The van der Waals surface area contributed by atoms with Gasteiger partial charge in [0.25, 0.3) is 5.91 Å². The van der Waals surface area contributed by atoms with Crippen molar-refractivity contribution in [2.24, 2.45) is 0 Å². The van der Waals surface area contributed by atoms with Gasteiger partial charge in [-0.05, 0) is 12.5 Å². The van der Waals surface area contributed by atoms with Crippen LogP contribution in [0.4, 0.5) is 0 Å². The summed E-state index contributed by atoms with van der Waals surface area (Å²) in [6.07, 6.45) is -0.187. The van der Waals surface area contributed by atoms with E-state index in [2.05, 4.69) is 10.2 Å². The Labute approximate surface area is 104 Å². The molecule has 18 heavy (non-hydrogen) atoms. The number of aryl methyl sites for hydroxylation is 1. The molecule has 98 valence electrons. The maximum absolute atomic E-state index is 12.1. The van der Waals surface area contributed by atoms with Crippen LogP contribution < -0.4 is 0 Å². The number of nitrogens with zero attached hydrogens (tertiary/aromatic N) is 2. The molecule has 0 radical (unpaired) electrons. The molecule has 1 fully saturated rings. The van der Waals surface area contributed by atoms with Crippen LogP contribution in [0.25, 0.3) is 0 Å². The van der Waals surface area contributed by atoms with Gasteiger partial charge in [0.15, 0.2) is 6.10 Å². The number of hydrogen-bond acceptors (Lipinski definition) is 4. The fourth-order valence-corrected chi connectivity index (χ4v) is 1.80. The number of amides is 1. The normalized spacial score (nSPS) is 19.8. The SMILES string of the molecule is CCc1cc(C(=O)N2CCOC(C(=O)O)C2)n[nH]1. The summed E-state index contributed by atoms with van der Waals surface area (Å²) in [5.74, 6) is -1.32. The van der Waals surface area contributed by atoms with Crippen molar-refractivity contribution in [3.8, 4) is 0 Å². The fourth-order valence-electron chi connectivity index (χ4n) is 1.80. The number of morpholine rings is 1. The fraction of sp³-hybridized carbons (Fsp3) is 0.545. The molecule has 1 saturated heterocycles. The number of carbonyl (C=O) groups is 2. The molecule has 0 aromatic carbocycles. The van der Waals surface area contributed by atoms with E-state index >= 15 is 0 Å². The molecule has 1 amide bonds. The molecule has 0 saturated carbocycles. The van der Waals surface area contributed by atoms with Gasteiger partial charge in [0.1, 0.15) is 5.69 Å². The number of carboxylic acids is 1. The lowest BCUT2D eigenvalue weighted by Gasteiger charge is -2.30. The summed E-state index contributed by atoms with van der Waals surface area (Å²) in [5, 5.41) is 15.6. The highest BCUT2D eigenvalue weighted by Crippen LogP contribution is 2.10. The molecule has 1 aliphatic heterocycles. The second-order valence-corrected chi connectivity index (χ2v) is 4.08. The van der Waals surface area contributed by atoms with Gasteiger partial charge >= 0.3 is 5.97 Å². The molecule has 0 bridgehead atoms. The van der Waals surface area contributed by atoms with Crippen molar-refractivity contribution in [2.45, 2.75) is 19.4 Å². The second kappa shape index (κ2) is 5.18. The van der Waals surface area contributed by atoms with Gasteiger partial charge < -0.3 is 14.7 Å². The second-order valence-electron chi connectivity index (χ2n) is 4.08. The van der Waals surface area contributed by atoms with Crippen molar-refractivity contribution >= 4 is 11.9 Å². The van der Waals surface area contributed by atoms with Crippen molar-refractivity contribution in [3.63, 3.8) is 0 Å². The third-order valence-corrected chi connectivity index (χ3v) is 2.86. The summed E-state index contributed by atoms with van der Waals surface area (Å²) in [6, 6.07) is 1.69. The van der Waals surface area contributed by atoms with E-state index in [4.69, 9.17) is 9.84 Å². The number of aliphatic carboxylic acids is 1. The van der Waals surface area contributed by atoms with Crippen molar-refractivity contribution in [3.05, 3.63) is 17.5 Å². The van der Waals surface area contributed by atoms with E-state index in [1.165, 1.54) is 4.90 Å². The predicted octanol–water partition coefficient (Wildman–Crippen LogP) is -0.102. The van der Waals surface area contributed by atoms with E-state index in [9.17, 15) is 9.59 Å². The smallest absolute Gasteiger partial charge is 0.334 e. The topological polar surface area (TPSA) is 95.5 Å². The minimum atomic E-state index is -1.05. The van der Waals surface area contributed by atoms with Crippen LogP contribution in [0.5, 0.6) is 0 Å². The minimum Gasteiger partial charge on any atom is -0.479 e. The molecule has 7 heteroatoms. The van der Waals surface area contributed by atoms with Gasteiger partial charge in [0.05, 0.1) is 13.2 Å². The average molecular weight is 253 g/mol. The Hall–Kier alpha value is -1.89. The number of H-pyrrole nitrogens is 1. The highest BCUT2D eigenvalue weighted by molar-refractivity contribution is 5.92. The molecule has 2 heterocycles. The number of aromatic nitrogens is 2. The lowest BCUT2D eigenvalue weighted by Crippen LogP contribution is -2.48. The maximum atomic E-state index is 12.1. The predicted molar refractivity (Wildman–Crippen MR) is 61.2 cm³/mol. The zero-order valence-electron chi connectivity index (χ0n) is 10.0. The molecule has 2 rings (SSSR count). The Morgan fingerprint density at radius 2 is 2.44 bits per heavy atom. The summed E-state index contributed by atoms with van der Waals surface area (Å²) in [7, 11) is 0. The van der Waals surface area contributed by atoms with Gasteiger partial charge in [-0.25, -0.2) is 4.79 Å². The van der Waals surface area contributed by atoms with Gasteiger partial charge in [0, 0.05) is 12.2 Å². The van der Waals surface area contributed by atoms with Crippen LogP contribution in [-0.4, -0.2) is 57.9 Å². The third kappa shape index (κ3) is 2.51. The standard InChI is InChI=1S/C11H15N3O4/c1-2-7-5-8(13-12-7)10(15)14-3-4-18-9(6-14)11(16)17/h5,9H,2-4,6H2,1H3,(H,12,13)(H,16,17). The van der Waals surface area contributed by atoms with Gasteiger partial charge in [-0.3, -0.25) is 9.89 Å². The molecule has 1 aromatic rings. The lowest BCUT2D eigenvalue weighted by molar-refractivity contribution is -0.154. The van der Waals surface area contributed by atoms with Gasteiger partial charge in [0.2, 0.25) is 0 Å². The van der Waals surface area contributed by atoms with E-state index in [1.807, 2.05) is 6.92 Å². The average Bonchev–Trinajstić information content (AvgIpc) is 2.86. The number of carbonyl (C=O) groups excluding carboxylic acids is 1. The van der Waals surface area contributed by atoms with E-state index in [-0.39, 0.29) is 19.1 Å². The highest BCUT2D eigenvalue weighted by Gasteiger charge is 2.30. The van der Waals surface area contributed by atoms with Crippen molar-refractivity contribution in [2.75, 3.05) is 19.7 Å². The number of aromatic amines is 1. The quantitative estimate of drug-likeness (QED) is 0.784. The first kappa shape index (κ1) is 12.6. The first-order valence-corrected chi connectivity index (χ1v) is 5.79. The summed E-state index contributed by atoms with van der Waals surface area (Å²) in [4.78, 5) is 24.4. The molecule has 2 N–H and O–H groups in total. The number of hydrogen-bond donors (Lipinski definition) is 2. The summed E-state index contributed by atoms with van der Waals surface area (Å²) in [5.41, 5.74) is 1.19. The number of carboxylic acid groups (broad SMARTS) is 1. The van der Waals surface area contributed by atoms with Crippen molar-refractivity contribution < 1.29 is 19.4 Å². The Balaban J connectivity index is 2.06. The zero-order valence-corrected chi connectivity index (χ0v) is 10.0. The number of rotatable bonds is 3. The lowest BCUT2D eigenvalue weighted by atomic mass is 10.2. The number of nitrogens with one attached hydrogen (secondary N) is 1. The molecule has 1 aromatic heterocycles. The van der Waals surface area contributed by atoms with Crippen LogP contribution in [0.1, 0.15) is 23.1 Å². The van der Waals surface area contributed by atoms with Gasteiger partial charge in [-0.2, -0.15) is 5.10 Å².